The number of aliphatic hydroxyl groups excluding tert-OH is 1. The number of ether oxygens (including phenoxy) is 4. The zero-order valence-corrected chi connectivity index (χ0v) is 12.0. The molecule has 1 aliphatic rings. The van der Waals surface area contributed by atoms with Crippen LogP contribution in [0.3, 0.4) is 0 Å². The first-order valence-electron chi connectivity index (χ1n) is 6.20. The summed E-state index contributed by atoms with van der Waals surface area (Å²) < 4.78 is 20.8. The van der Waals surface area contributed by atoms with Gasteiger partial charge in [0, 0.05) is 28.1 Å². The topological polar surface area (TPSA) is 103 Å². The fourth-order valence-corrected chi connectivity index (χ4v) is 2.22. The van der Waals surface area contributed by atoms with Crippen LogP contribution in [-0.4, -0.2) is 68.5 Å². The normalized spacial score (nSPS) is 33.5. The molecule has 1 aliphatic heterocycles. The molecule has 1 rings (SSSR count). The standard InChI is InChI=1S/C12H21NO7/c1-6(14)13-9-11(19-7(2)15)10(18-4)8(5-17-3)20-12(9)16/h8-12,16H,5H2,1-4H3,(H,13,14)/t8-,9-,10+,11-,12+/m1/s1. The first-order valence-corrected chi connectivity index (χ1v) is 6.20. The van der Waals surface area contributed by atoms with Crippen LogP contribution >= 0.6 is 0 Å². The van der Waals surface area contributed by atoms with E-state index in [1.165, 1.54) is 28.1 Å². The number of carbonyl (C=O) groups excluding carboxylic acids is 2. The van der Waals surface area contributed by atoms with Crippen LogP contribution in [0.15, 0.2) is 0 Å². The molecule has 0 bridgehead atoms. The molecule has 0 aromatic carbocycles. The Kier molecular flexibility index (Phi) is 6.34. The van der Waals surface area contributed by atoms with E-state index in [4.69, 9.17) is 18.9 Å². The van der Waals surface area contributed by atoms with Crippen molar-refractivity contribution in [2.45, 2.75) is 44.5 Å². The number of amides is 1. The second-order valence-electron chi connectivity index (χ2n) is 4.52. The Labute approximate surface area is 117 Å². The molecule has 1 amide bonds. The van der Waals surface area contributed by atoms with Gasteiger partial charge in [-0.1, -0.05) is 0 Å². The SMILES string of the molecule is COC[C@H]1O[C@H](O)[C@H](NC(C)=O)[C@@H](OC(C)=O)[C@H]1OC. The average Bonchev–Trinajstić information content (AvgIpc) is 2.33. The van der Waals surface area contributed by atoms with Crippen LogP contribution in [0.5, 0.6) is 0 Å². The summed E-state index contributed by atoms with van der Waals surface area (Å²) in [6, 6.07) is -0.908. The molecule has 1 saturated heterocycles. The Morgan fingerprint density at radius 3 is 2.35 bits per heavy atom. The quantitative estimate of drug-likeness (QED) is 0.613. The van der Waals surface area contributed by atoms with Gasteiger partial charge in [0.1, 0.15) is 18.2 Å². The maximum atomic E-state index is 11.2. The van der Waals surface area contributed by atoms with Gasteiger partial charge in [0.25, 0.3) is 0 Å². The molecule has 0 aromatic heterocycles. The molecular formula is C12H21NO7. The molecule has 0 saturated carbocycles. The molecule has 2 N–H and O–H groups in total. The number of rotatable bonds is 5. The predicted molar refractivity (Wildman–Crippen MR) is 66.7 cm³/mol. The number of methoxy groups -OCH3 is 2. The van der Waals surface area contributed by atoms with Crippen molar-refractivity contribution < 1.29 is 33.6 Å². The maximum Gasteiger partial charge on any atom is 0.303 e. The molecule has 0 aromatic rings. The molecule has 8 heteroatoms. The van der Waals surface area contributed by atoms with Gasteiger partial charge in [-0.2, -0.15) is 0 Å². The first kappa shape index (κ1) is 16.8. The minimum absolute atomic E-state index is 0.153. The maximum absolute atomic E-state index is 11.2. The molecule has 0 aliphatic carbocycles. The molecule has 0 spiro atoms. The highest BCUT2D eigenvalue weighted by Crippen LogP contribution is 2.25. The number of hydrogen-bond donors (Lipinski definition) is 2. The van der Waals surface area contributed by atoms with Crippen molar-refractivity contribution in [1.29, 1.82) is 0 Å². The predicted octanol–water partition coefficient (Wildman–Crippen LogP) is -1.20. The minimum atomic E-state index is -1.32. The van der Waals surface area contributed by atoms with Crippen LogP contribution in [0.25, 0.3) is 0 Å². The number of hydrogen-bond acceptors (Lipinski definition) is 7. The third-order valence-electron chi connectivity index (χ3n) is 2.94. The van der Waals surface area contributed by atoms with E-state index in [1.807, 2.05) is 0 Å². The van der Waals surface area contributed by atoms with Crippen LogP contribution in [0.4, 0.5) is 0 Å². The van der Waals surface area contributed by atoms with Crippen LogP contribution in [-0.2, 0) is 28.5 Å². The lowest BCUT2D eigenvalue weighted by molar-refractivity contribution is -0.264. The summed E-state index contributed by atoms with van der Waals surface area (Å²) >= 11 is 0. The zero-order valence-electron chi connectivity index (χ0n) is 12.0. The molecule has 0 radical (unpaired) electrons. The number of carbonyl (C=O) groups is 2. The van der Waals surface area contributed by atoms with E-state index < -0.39 is 36.6 Å². The third kappa shape index (κ3) is 4.14. The van der Waals surface area contributed by atoms with E-state index in [1.54, 1.807) is 0 Å². The smallest absolute Gasteiger partial charge is 0.303 e. The van der Waals surface area contributed by atoms with Crippen molar-refractivity contribution in [3.63, 3.8) is 0 Å². The highest BCUT2D eigenvalue weighted by atomic mass is 16.7. The molecule has 0 unspecified atom stereocenters. The van der Waals surface area contributed by atoms with E-state index in [9.17, 15) is 14.7 Å². The van der Waals surface area contributed by atoms with Crippen LogP contribution in [0.1, 0.15) is 13.8 Å². The van der Waals surface area contributed by atoms with Crippen molar-refractivity contribution in [3.8, 4) is 0 Å². The largest absolute Gasteiger partial charge is 0.457 e. The van der Waals surface area contributed by atoms with Crippen LogP contribution in [0, 0.1) is 0 Å². The second kappa shape index (κ2) is 7.53. The number of esters is 1. The summed E-state index contributed by atoms with van der Waals surface area (Å²) in [7, 11) is 2.90. The summed E-state index contributed by atoms with van der Waals surface area (Å²) in [6.45, 7) is 2.69. The van der Waals surface area contributed by atoms with Gasteiger partial charge >= 0.3 is 5.97 Å². The van der Waals surface area contributed by atoms with Crippen LogP contribution < -0.4 is 5.32 Å². The third-order valence-corrected chi connectivity index (χ3v) is 2.94. The highest BCUT2D eigenvalue weighted by Gasteiger charge is 2.48. The Hall–Kier alpha value is -1.22. The average molecular weight is 291 g/mol. The number of nitrogens with one attached hydrogen (secondary N) is 1. The van der Waals surface area contributed by atoms with Gasteiger partial charge in [-0.15, -0.1) is 0 Å². The summed E-state index contributed by atoms with van der Waals surface area (Å²) in [5.41, 5.74) is 0. The van der Waals surface area contributed by atoms with Gasteiger partial charge in [0.05, 0.1) is 6.61 Å². The van der Waals surface area contributed by atoms with E-state index in [2.05, 4.69) is 5.32 Å². The Morgan fingerprint density at radius 2 is 1.90 bits per heavy atom. The Morgan fingerprint density at radius 1 is 1.25 bits per heavy atom. The monoisotopic (exact) mass is 291 g/mol. The number of aliphatic hydroxyl groups is 1. The van der Waals surface area contributed by atoms with E-state index in [0.717, 1.165) is 0 Å². The van der Waals surface area contributed by atoms with Gasteiger partial charge in [-0.25, -0.2) is 0 Å². The van der Waals surface area contributed by atoms with E-state index in [-0.39, 0.29) is 12.5 Å². The summed E-state index contributed by atoms with van der Waals surface area (Å²) in [6.07, 6.45) is -3.48. The lowest BCUT2D eigenvalue weighted by atomic mass is 9.96. The summed E-state index contributed by atoms with van der Waals surface area (Å²) in [5, 5.41) is 12.5. The summed E-state index contributed by atoms with van der Waals surface area (Å²) in [4.78, 5) is 22.4. The summed E-state index contributed by atoms with van der Waals surface area (Å²) in [5.74, 6) is -0.924. The van der Waals surface area contributed by atoms with Crippen molar-refractivity contribution >= 4 is 11.9 Å². The minimum Gasteiger partial charge on any atom is -0.457 e. The van der Waals surface area contributed by atoms with Gasteiger partial charge in [-0.3, -0.25) is 9.59 Å². The van der Waals surface area contributed by atoms with E-state index in [0.29, 0.717) is 0 Å². The fourth-order valence-electron chi connectivity index (χ4n) is 2.22. The van der Waals surface area contributed by atoms with Gasteiger partial charge in [0.15, 0.2) is 12.4 Å². The van der Waals surface area contributed by atoms with Crippen molar-refractivity contribution in [2.75, 3.05) is 20.8 Å². The molecular weight excluding hydrogens is 270 g/mol. The lowest BCUT2D eigenvalue weighted by Crippen LogP contribution is -2.65. The molecule has 116 valence electrons. The highest BCUT2D eigenvalue weighted by molar-refractivity contribution is 5.73. The first-order chi connectivity index (χ1) is 9.40. The van der Waals surface area contributed by atoms with Crippen molar-refractivity contribution in [3.05, 3.63) is 0 Å². The molecule has 5 atom stereocenters. The molecule has 1 heterocycles. The van der Waals surface area contributed by atoms with Gasteiger partial charge in [0.2, 0.25) is 5.91 Å². The van der Waals surface area contributed by atoms with Crippen molar-refractivity contribution in [1.82, 2.24) is 5.32 Å². The van der Waals surface area contributed by atoms with Gasteiger partial charge < -0.3 is 29.4 Å². The Bertz CT molecular complexity index is 349. The van der Waals surface area contributed by atoms with Crippen molar-refractivity contribution in [2.24, 2.45) is 0 Å². The van der Waals surface area contributed by atoms with E-state index >= 15 is 0 Å². The van der Waals surface area contributed by atoms with Gasteiger partial charge in [-0.05, 0) is 0 Å². The molecule has 1 fully saturated rings. The lowest BCUT2D eigenvalue weighted by Gasteiger charge is -2.43. The Balaban J connectivity index is 2.97. The second-order valence-corrected chi connectivity index (χ2v) is 4.52. The van der Waals surface area contributed by atoms with Crippen LogP contribution in [0.2, 0.25) is 0 Å². The molecule has 8 nitrogen and oxygen atoms in total. The molecule has 20 heavy (non-hydrogen) atoms. The zero-order chi connectivity index (χ0) is 15.3. The fraction of sp³-hybridized carbons (Fsp3) is 0.833.